The normalized spacial score (nSPS) is 23.5. The first kappa shape index (κ1) is 20.0. The van der Waals surface area contributed by atoms with E-state index in [1.54, 1.807) is 12.5 Å². The van der Waals surface area contributed by atoms with Crippen molar-refractivity contribution in [2.45, 2.75) is 48.6 Å². The lowest BCUT2D eigenvalue weighted by Gasteiger charge is -2.41. The van der Waals surface area contributed by atoms with E-state index in [-0.39, 0.29) is 17.6 Å². The second-order valence-corrected chi connectivity index (χ2v) is 9.58. The van der Waals surface area contributed by atoms with Gasteiger partial charge in [-0.25, -0.2) is 9.97 Å². The van der Waals surface area contributed by atoms with E-state index < -0.39 is 0 Å². The number of hydrogen-bond donors (Lipinski definition) is 1. The Morgan fingerprint density at radius 1 is 1.23 bits per heavy atom. The zero-order valence-electron chi connectivity index (χ0n) is 17.0. The number of fused-ring (bicyclic) bond motifs is 1. The molecular formula is C20H24ClN7OS. The van der Waals surface area contributed by atoms with Crippen LogP contribution in [0.25, 0.3) is 5.65 Å². The quantitative estimate of drug-likeness (QED) is 0.657. The second-order valence-electron chi connectivity index (χ2n) is 8.12. The van der Waals surface area contributed by atoms with Crippen LogP contribution in [0.2, 0.25) is 5.02 Å². The summed E-state index contributed by atoms with van der Waals surface area (Å²) >= 11 is 7.95. The van der Waals surface area contributed by atoms with Crippen LogP contribution in [0.3, 0.4) is 0 Å². The molecule has 3 aromatic heterocycles. The van der Waals surface area contributed by atoms with E-state index in [1.807, 2.05) is 23.7 Å². The van der Waals surface area contributed by atoms with Crippen LogP contribution in [0.1, 0.15) is 25.5 Å². The van der Waals surface area contributed by atoms with Crippen molar-refractivity contribution in [3.05, 3.63) is 35.5 Å². The minimum atomic E-state index is 0.0726. The Bertz CT molecular complexity index is 1080. The van der Waals surface area contributed by atoms with Gasteiger partial charge in [-0.3, -0.25) is 4.98 Å². The van der Waals surface area contributed by atoms with Gasteiger partial charge in [0.25, 0.3) is 0 Å². The predicted molar refractivity (Wildman–Crippen MR) is 116 cm³/mol. The van der Waals surface area contributed by atoms with Gasteiger partial charge in [0, 0.05) is 41.8 Å². The van der Waals surface area contributed by atoms with Gasteiger partial charge in [-0.15, -0.1) is 0 Å². The van der Waals surface area contributed by atoms with Crippen molar-refractivity contribution in [3.63, 3.8) is 0 Å². The Labute approximate surface area is 184 Å². The fraction of sp³-hybridized carbons (Fsp3) is 0.500. The number of nitrogens with two attached hydrogens (primary N) is 1. The Kier molecular flexibility index (Phi) is 5.09. The number of aryl methyl sites for hydroxylation is 1. The molecule has 2 aliphatic rings. The molecule has 2 atom stereocenters. The lowest BCUT2D eigenvalue weighted by Crippen LogP contribution is -2.51. The van der Waals surface area contributed by atoms with Gasteiger partial charge in [0.05, 0.1) is 28.3 Å². The predicted octanol–water partition coefficient (Wildman–Crippen LogP) is 2.96. The molecule has 2 fully saturated rings. The van der Waals surface area contributed by atoms with Crippen LogP contribution in [0, 0.1) is 12.3 Å². The molecule has 0 bridgehead atoms. The largest absolute Gasteiger partial charge is 0.376 e. The molecule has 0 unspecified atom stereocenters. The summed E-state index contributed by atoms with van der Waals surface area (Å²) in [6.45, 7) is 6.45. The highest BCUT2D eigenvalue weighted by molar-refractivity contribution is 7.99. The van der Waals surface area contributed by atoms with E-state index >= 15 is 0 Å². The van der Waals surface area contributed by atoms with Gasteiger partial charge in [-0.05, 0) is 32.8 Å². The molecule has 1 spiro atoms. The van der Waals surface area contributed by atoms with Crippen LogP contribution in [0.15, 0.2) is 34.6 Å². The zero-order valence-corrected chi connectivity index (χ0v) is 18.5. The molecule has 0 aliphatic carbocycles. The first-order valence-electron chi connectivity index (χ1n) is 10.1. The van der Waals surface area contributed by atoms with Crippen LogP contribution in [-0.2, 0) is 4.74 Å². The minimum Gasteiger partial charge on any atom is -0.376 e. The average molecular weight is 446 g/mol. The number of rotatable bonds is 3. The molecule has 2 N–H and O–H groups in total. The van der Waals surface area contributed by atoms with E-state index in [0.717, 1.165) is 59.6 Å². The molecule has 0 saturated carbocycles. The molecule has 5 rings (SSSR count). The monoisotopic (exact) mass is 445 g/mol. The van der Waals surface area contributed by atoms with E-state index in [1.165, 1.54) is 11.8 Å². The molecule has 3 aromatic rings. The van der Waals surface area contributed by atoms with Gasteiger partial charge in [-0.1, -0.05) is 23.4 Å². The summed E-state index contributed by atoms with van der Waals surface area (Å²) in [5.74, 6) is 0.805. The summed E-state index contributed by atoms with van der Waals surface area (Å²) in [7, 11) is 0. The number of hydrogen-bond acceptors (Lipinski definition) is 8. The zero-order chi connectivity index (χ0) is 20.9. The molecular weight excluding hydrogens is 422 g/mol. The number of piperidine rings is 1. The van der Waals surface area contributed by atoms with Gasteiger partial charge in [-0.2, -0.15) is 9.61 Å². The smallest absolute Gasteiger partial charge is 0.228 e. The molecule has 8 nitrogen and oxygen atoms in total. The molecule has 30 heavy (non-hydrogen) atoms. The maximum atomic E-state index is 6.46. The molecule has 0 radical (unpaired) electrons. The van der Waals surface area contributed by atoms with Crippen molar-refractivity contribution in [1.82, 2.24) is 24.6 Å². The summed E-state index contributed by atoms with van der Waals surface area (Å²) in [6.07, 6.45) is 7.27. The summed E-state index contributed by atoms with van der Waals surface area (Å²) < 4.78 is 7.66. The summed E-state index contributed by atoms with van der Waals surface area (Å²) in [6, 6.07) is 1.99. The SMILES string of the molecule is Cc1nccc(Sc2cnc(N3CCC4(CC3)CO[C@@H](C)[C@H]4N)n3ncnc23)c1Cl. The number of nitrogens with zero attached hydrogens (tertiary/aromatic N) is 6. The summed E-state index contributed by atoms with van der Waals surface area (Å²) in [5.41, 5.74) is 8.10. The maximum absolute atomic E-state index is 6.46. The molecule has 5 heterocycles. The van der Waals surface area contributed by atoms with Gasteiger partial charge in [0.1, 0.15) is 6.33 Å². The highest BCUT2D eigenvalue weighted by Gasteiger charge is 2.47. The van der Waals surface area contributed by atoms with Gasteiger partial charge in [0.2, 0.25) is 5.95 Å². The van der Waals surface area contributed by atoms with E-state index in [0.29, 0.717) is 5.02 Å². The molecule has 2 aliphatic heterocycles. The number of pyridine rings is 1. The van der Waals surface area contributed by atoms with Crippen LogP contribution < -0.4 is 10.6 Å². The van der Waals surface area contributed by atoms with Crippen LogP contribution >= 0.6 is 23.4 Å². The minimum absolute atomic E-state index is 0.0726. The third-order valence-electron chi connectivity index (χ3n) is 6.39. The van der Waals surface area contributed by atoms with Crippen molar-refractivity contribution < 1.29 is 4.74 Å². The number of anilines is 1. The topological polar surface area (TPSA) is 94.5 Å². The van der Waals surface area contributed by atoms with E-state index in [9.17, 15) is 0 Å². The van der Waals surface area contributed by atoms with Crippen LogP contribution in [0.5, 0.6) is 0 Å². The third-order valence-corrected chi connectivity index (χ3v) is 8.05. The first-order valence-corrected chi connectivity index (χ1v) is 11.3. The Morgan fingerprint density at radius 3 is 2.77 bits per heavy atom. The maximum Gasteiger partial charge on any atom is 0.228 e. The number of aromatic nitrogens is 5. The van der Waals surface area contributed by atoms with Crippen LogP contribution in [-0.4, -0.2) is 56.4 Å². The third kappa shape index (κ3) is 3.24. The van der Waals surface area contributed by atoms with Crippen molar-refractivity contribution in [3.8, 4) is 0 Å². The fourth-order valence-corrected chi connectivity index (χ4v) is 5.59. The molecule has 0 amide bonds. The number of halogens is 1. The van der Waals surface area contributed by atoms with E-state index in [2.05, 4.69) is 26.9 Å². The van der Waals surface area contributed by atoms with E-state index in [4.69, 9.17) is 27.1 Å². The second kappa shape index (κ2) is 7.64. The Morgan fingerprint density at radius 2 is 2.03 bits per heavy atom. The molecule has 10 heteroatoms. The fourth-order valence-electron chi connectivity index (χ4n) is 4.42. The summed E-state index contributed by atoms with van der Waals surface area (Å²) in [4.78, 5) is 17.5. The van der Waals surface area contributed by atoms with Crippen molar-refractivity contribution in [2.75, 3.05) is 24.6 Å². The molecule has 158 valence electrons. The standard InChI is InChI=1S/C20H24ClN7OS/c1-12-16(21)14(3-6-23-12)30-15-9-24-19(28-18(15)25-11-26-28)27-7-4-20(5-8-27)10-29-13(2)17(20)22/h3,6,9,11,13,17H,4-5,7-8,10,22H2,1-2H3/t13-,17+/m0/s1. The highest BCUT2D eigenvalue weighted by atomic mass is 35.5. The molecule has 2 saturated heterocycles. The van der Waals surface area contributed by atoms with Crippen molar-refractivity contribution in [2.24, 2.45) is 11.1 Å². The first-order chi connectivity index (χ1) is 14.5. The summed E-state index contributed by atoms with van der Waals surface area (Å²) in [5, 5.41) is 5.09. The Hall–Kier alpha value is -1.94. The van der Waals surface area contributed by atoms with Gasteiger partial charge >= 0.3 is 0 Å². The highest BCUT2D eigenvalue weighted by Crippen LogP contribution is 2.42. The number of ether oxygens (including phenoxy) is 1. The van der Waals surface area contributed by atoms with Crippen LogP contribution in [0.4, 0.5) is 5.95 Å². The lowest BCUT2D eigenvalue weighted by molar-refractivity contribution is 0.0973. The molecule has 0 aromatic carbocycles. The van der Waals surface area contributed by atoms with Crippen molar-refractivity contribution in [1.29, 1.82) is 0 Å². The lowest BCUT2D eigenvalue weighted by atomic mass is 9.73. The Balaban J connectivity index is 1.40. The van der Waals surface area contributed by atoms with Crippen molar-refractivity contribution >= 4 is 35.0 Å². The average Bonchev–Trinajstić information content (AvgIpc) is 3.35. The van der Waals surface area contributed by atoms with Gasteiger partial charge in [0.15, 0.2) is 5.65 Å². The van der Waals surface area contributed by atoms with Gasteiger partial charge < -0.3 is 15.4 Å².